The normalized spacial score (nSPS) is 11.9. The fraction of sp³-hybridized carbons (Fsp3) is 0.562. The van der Waals surface area contributed by atoms with Crippen molar-refractivity contribution in [2.45, 2.75) is 39.7 Å². The van der Waals surface area contributed by atoms with Crippen molar-refractivity contribution in [1.82, 2.24) is 0 Å². The van der Waals surface area contributed by atoms with Gasteiger partial charge in [-0.3, -0.25) is 0 Å². The highest BCUT2D eigenvalue weighted by molar-refractivity contribution is 5.47. The zero-order valence-corrected chi connectivity index (χ0v) is 12.5. The van der Waals surface area contributed by atoms with Crippen molar-refractivity contribution in [1.29, 1.82) is 5.26 Å². The van der Waals surface area contributed by atoms with E-state index in [1.54, 1.807) is 12.1 Å². The Balaban J connectivity index is 2.47. The number of nitriles is 1. The maximum Gasteiger partial charge on any atom is 0.125 e. The van der Waals surface area contributed by atoms with Gasteiger partial charge in [0.15, 0.2) is 0 Å². The van der Waals surface area contributed by atoms with Crippen LogP contribution in [0.4, 0.5) is 0 Å². The summed E-state index contributed by atoms with van der Waals surface area (Å²) in [5.74, 6) is 0.733. The van der Waals surface area contributed by atoms with Crippen LogP contribution in [-0.4, -0.2) is 31.0 Å². The second kappa shape index (κ2) is 8.57. The van der Waals surface area contributed by atoms with Crippen molar-refractivity contribution in [2.75, 3.05) is 19.8 Å². The van der Waals surface area contributed by atoms with Crippen molar-refractivity contribution in [3.05, 3.63) is 28.8 Å². The van der Waals surface area contributed by atoms with Gasteiger partial charge in [-0.05, 0) is 43.5 Å². The van der Waals surface area contributed by atoms with Crippen LogP contribution >= 0.6 is 0 Å². The summed E-state index contributed by atoms with van der Waals surface area (Å²) in [5, 5.41) is 18.7. The number of aryl methyl sites for hydroxylation is 2. The molecule has 0 amide bonds. The van der Waals surface area contributed by atoms with Gasteiger partial charge >= 0.3 is 0 Å². The van der Waals surface area contributed by atoms with E-state index >= 15 is 0 Å². The van der Waals surface area contributed by atoms with Gasteiger partial charge in [0, 0.05) is 6.61 Å². The first kappa shape index (κ1) is 16.5. The first-order valence-corrected chi connectivity index (χ1v) is 6.98. The molecule has 20 heavy (non-hydrogen) atoms. The number of nitrogens with zero attached hydrogens (tertiary/aromatic N) is 1. The molecule has 1 atom stereocenters. The van der Waals surface area contributed by atoms with Crippen LogP contribution in [-0.2, 0) is 4.74 Å². The molecule has 0 aliphatic heterocycles. The molecular formula is C16H23NO3. The van der Waals surface area contributed by atoms with Gasteiger partial charge in [-0.1, -0.05) is 13.3 Å². The number of aliphatic hydroxyl groups is 1. The molecule has 0 saturated carbocycles. The highest BCUT2D eigenvalue weighted by Crippen LogP contribution is 2.24. The Kier molecular flexibility index (Phi) is 7.06. The molecule has 0 spiro atoms. The molecule has 0 aliphatic carbocycles. The van der Waals surface area contributed by atoms with E-state index in [0.717, 1.165) is 29.7 Å². The van der Waals surface area contributed by atoms with Crippen LogP contribution in [0.3, 0.4) is 0 Å². The Morgan fingerprint density at radius 2 is 1.90 bits per heavy atom. The predicted molar refractivity (Wildman–Crippen MR) is 77.9 cm³/mol. The average Bonchev–Trinajstić information content (AvgIpc) is 2.42. The van der Waals surface area contributed by atoms with Gasteiger partial charge in [0.1, 0.15) is 18.5 Å². The molecule has 1 rings (SSSR count). The maximum atomic E-state index is 9.79. The molecule has 4 nitrogen and oxygen atoms in total. The lowest BCUT2D eigenvalue weighted by Gasteiger charge is -2.16. The van der Waals surface area contributed by atoms with E-state index in [9.17, 15) is 5.11 Å². The number of rotatable bonds is 8. The molecule has 0 radical (unpaired) electrons. The lowest BCUT2D eigenvalue weighted by Crippen LogP contribution is -2.24. The van der Waals surface area contributed by atoms with Gasteiger partial charge in [-0.15, -0.1) is 0 Å². The third-order valence-electron chi connectivity index (χ3n) is 2.96. The summed E-state index contributed by atoms with van der Waals surface area (Å²) >= 11 is 0. The average molecular weight is 277 g/mol. The molecule has 0 saturated heterocycles. The van der Waals surface area contributed by atoms with Crippen LogP contribution in [0.25, 0.3) is 0 Å². The molecule has 1 N–H and O–H groups in total. The SMILES string of the molecule is CCCCOCC(O)COc1c(C)cc(C#N)cc1C. The number of ether oxygens (including phenoxy) is 2. The van der Waals surface area contributed by atoms with Crippen molar-refractivity contribution >= 4 is 0 Å². The van der Waals surface area contributed by atoms with Crippen molar-refractivity contribution in [3.8, 4) is 11.8 Å². The summed E-state index contributed by atoms with van der Waals surface area (Å²) in [4.78, 5) is 0. The van der Waals surface area contributed by atoms with Crippen molar-refractivity contribution < 1.29 is 14.6 Å². The topological polar surface area (TPSA) is 62.5 Å². The molecule has 1 unspecified atom stereocenters. The third-order valence-corrected chi connectivity index (χ3v) is 2.96. The van der Waals surface area contributed by atoms with Gasteiger partial charge in [0.05, 0.1) is 18.2 Å². The van der Waals surface area contributed by atoms with Gasteiger partial charge in [0.2, 0.25) is 0 Å². The second-order valence-corrected chi connectivity index (χ2v) is 4.94. The minimum Gasteiger partial charge on any atom is -0.490 e. The smallest absolute Gasteiger partial charge is 0.125 e. The van der Waals surface area contributed by atoms with Crippen LogP contribution in [0.2, 0.25) is 0 Å². The molecule has 1 aromatic carbocycles. The van der Waals surface area contributed by atoms with E-state index in [1.807, 2.05) is 13.8 Å². The van der Waals surface area contributed by atoms with E-state index in [0.29, 0.717) is 12.2 Å². The molecule has 110 valence electrons. The van der Waals surface area contributed by atoms with E-state index in [4.69, 9.17) is 14.7 Å². The summed E-state index contributed by atoms with van der Waals surface area (Å²) in [5.41, 5.74) is 2.43. The molecule has 0 aromatic heterocycles. The minimum absolute atomic E-state index is 0.194. The largest absolute Gasteiger partial charge is 0.490 e. The van der Waals surface area contributed by atoms with Crippen LogP contribution < -0.4 is 4.74 Å². The Morgan fingerprint density at radius 1 is 1.25 bits per heavy atom. The number of hydrogen-bond donors (Lipinski definition) is 1. The number of unbranched alkanes of at least 4 members (excludes halogenated alkanes) is 1. The number of aliphatic hydroxyl groups excluding tert-OH is 1. The first-order chi connectivity index (χ1) is 9.58. The molecule has 0 fully saturated rings. The zero-order valence-electron chi connectivity index (χ0n) is 12.5. The van der Waals surface area contributed by atoms with Crippen LogP contribution in [0.5, 0.6) is 5.75 Å². The second-order valence-electron chi connectivity index (χ2n) is 4.94. The highest BCUT2D eigenvalue weighted by atomic mass is 16.5. The van der Waals surface area contributed by atoms with Gasteiger partial charge in [0.25, 0.3) is 0 Å². The molecule has 1 aromatic rings. The molecule has 0 bridgehead atoms. The zero-order chi connectivity index (χ0) is 15.0. The monoisotopic (exact) mass is 277 g/mol. The summed E-state index contributed by atoms with van der Waals surface area (Å²) < 4.78 is 11.0. The summed E-state index contributed by atoms with van der Waals surface area (Å²) in [6, 6.07) is 5.68. The summed E-state index contributed by atoms with van der Waals surface area (Å²) in [6.45, 7) is 7.04. The van der Waals surface area contributed by atoms with Gasteiger partial charge in [-0.25, -0.2) is 0 Å². The molecule has 0 heterocycles. The molecular weight excluding hydrogens is 254 g/mol. The Morgan fingerprint density at radius 3 is 2.45 bits per heavy atom. The Hall–Kier alpha value is -1.57. The standard InChI is InChI=1S/C16H23NO3/c1-4-5-6-19-10-15(18)11-20-16-12(2)7-14(9-17)8-13(16)3/h7-8,15,18H,4-6,10-11H2,1-3H3. The fourth-order valence-electron chi connectivity index (χ4n) is 1.94. The van der Waals surface area contributed by atoms with E-state index in [-0.39, 0.29) is 13.2 Å². The lowest BCUT2D eigenvalue weighted by molar-refractivity contribution is 0.0111. The van der Waals surface area contributed by atoms with E-state index in [2.05, 4.69) is 13.0 Å². The van der Waals surface area contributed by atoms with Crippen molar-refractivity contribution in [3.63, 3.8) is 0 Å². The lowest BCUT2D eigenvalue weighted by atomic mass is 10.1. The van der Waals surface area contributed by atoms with Crippen molar-refractivity contribution in [2.24, 2.45) is 0 Å². The van der Waals surface area contributed by atoms with Gasteiger partial charge < -0.3 is 14.6 Å². The number of hydrogen-bond acceptors (Lipinski definition) is 4. The highest BCUT2D eigenvalue weighted by Gasteiger charge is 2.10. The third kappa shape index (κ3) is 5.20. The van der Waals surface area contributed by atoms with E-state index < -0.39 is 6.10 Å². The summed E-state index contributed by atoms with van der Waals surface area (Å²) in [7, 11) is 0. The predicted octanol–water partition coefficient (Wildman–Crippen LogP) is 2.73. The summed E-state index contributed by atoms with van der Waals surface area (Å²) in [6.07, 6.45) is 1.44. The minimum atomic E-state index is -0.638. The number of benzene rings is 1. The maximum absolute atomic E-state index is 9.79. The van der Waals surface area contributed by atoms with E-state index in [1.165, 1.54) is 0 Å². The van der Waals surface area contributed by atoms with Crippen LogP contribution in [0.15, 0.2) is 12.1 Å². The fourth-order valence-corrected chi connectivity index (χ4v) is 1.94. The molecule has 0 aliphatic rings. The first-order valence-electron chi connectivity index (χ1n) is 6.98. The quantitative estimate of drug-likeness (QED) is 0.742. The Bertz CT molecular complexity index is 442. The Labute approximate surface area is 120 Å². The molecule has 4 heteroatoms. The van der Waals surface area contributed by atoms with Crippen LogP contribution in [0, 0.1) is 25.2 Å². The van der Waals surface area contributed by atoms with Gasteiger partial charge in [-0.2, -0.15) is 5.26 Å². The van der Waals surface area contributed by atoms with Crippen LogP contribution in [0.1, 0.15) is 36.5 Å².